The summed E-state index contributed by atoms with van der Waals surface area (Å²) in [6.45, 7) is 2.44. The predicted octanol–water partition coefficient (Wildman–Crippen LogP) is -0.449. The Morgan fingerprint density at radius 2 is 2.00 bits per heavy atom. The number of nitrogens with zero attached hydrogens (tertiary/aromatic N) is 1. The van der Waals surface area contributed by atoms with Gasteiger partial charge in [0, 0.05) is 36.7 Å². The summed E-state index contributed by atoms with van der Waals surface area (Å²) in [5, 5.41) is 0. The largest absolute Gasteiger partial charge is 0.329 e. The van der Waals surface area contributed by atoms with Crippen molar-refractivity contribution in [3.05, 3.63) is 0 Å². The minimum Gasteiger partial charge on any atom is -0.329 e. The van der Waals surface area contributed by atoms with Crippen LogP contribution in [0.4, 0.5) is 0 Å². The summed E-state index contributed by atoms with van der Waals surface area (Å²) in [5.74, 6) is 2.78. The van der Waals surface area contributed by atoms with Gasteiger partial charge in [0.2, 0.25) is 0 Å². The van der Waals surface area contributed by atoms with E-state index in [1.807, 2.05) is 11.8 Å². The van der Waals surface area contributed by atoms with Gasteiger partial charge in [-0.1, -0.05) is 0 Å². The van der Waals surface area contributed by atoms with Gasteiger partial charge in [-0.05, 0) is 6.42 Å². The van der Waals surface area contributed by atoms with Crippen molar-refractivity contribution in [2.75, 3.05) is 42.6 Å². The first-order chi connectivity index (χ1) is 7.08. The fraction of sp³-hybridized carbons (Fsp3) is 1.00. The van der Waals surface area contributed by atoms with E-state index in [4.69, 9.17) is 5.73 Å². The van der Waals surface area contributed by atoms with Gasteiger partial charge in [-0.3, -0.25) is 4.90 Å². The van der Waals surface area contributed by atoms with Gasteiger partial charge in [-0.25, -0.2) is 8.42 Å². The monoisotopic (exact) mass is 250 g/mol. The molecule has 2 heterocycles. The third-order valence-corrected chi connectivity index (χ3v) is 6.17. The number of hydrogen-bond acceptors (Lipinski definition) is 5. The molecule has 0 radical (unpaired) electrons. The summed E-state index contributed by atoms with van der Waals surface area (Å²) in [6.07, 6.45) is 0.719. The van der Waals surface area contributed by atoms with Crippen molar-refractivity contribution >= 4 is 21.6 Å². The molecule has 0 aliphatic carbocycles. The van der Waals surface area contributed by atoms with Gasteiger partial charge in [0.15, 0.2) is 9.84 Å². The lowest BCUT2D eigenvalue weighted by Crippen LogP contribution is -2.57. The van der Waals surface area contributed by atoms with E-state index in [1.54, 1.807) is 0 Å². The average molecular weight is 250 g/mol. The molecule has 0 spiro atoms. The Kier molecular flexibility index (Phi) is 3.30. The molecule has 0 aromatic rings. The Morgan fingerprint density at radius 3 is 2.47 bits per heavy atom. The molecule has 15 heavy (non-hydrogen) atoms. The highest BCUT2D eigenvalue weighted by Gasteiger charge is 2.45. The predicted molar refractivity (Wildman–Crippen MR) is 64.0 cm³/mol. The highest BCUT2D eigenvalue weighted by Crippen LogP contribution is 2.30. The molecular weight excluding hydrogens is 232 g/mol. The van der Waals surface area contributed by atoms with Crippen molar-refractivity contribution in [3.8, 4) is 0 Å². The van der Waals surface area contributed by atoms with Crippen molar-refractivity contribution in [1.82, 2.24) is 4.90 Å². The second-order valence-electron chi connectivity index (χ2n) is 4.37. The van der Waals surface area contributed by atoms with Crippen LogP contribution in [0.15, 0.2) is 0 Å². The molecule has 1 unspecified atom stereocenters. The normalized spacial score (nSPS) is 36.9. The molecule has 0 aromatic heterocycles. The standard InChI is InChI=1S/C9H18N2O2S2/c10-7-9(1-6-15(12,13)8-9)11-2-4-14-5-3-11/h1-8,10H2. The van der Waals surface area contributed by atoms with E-state index < -0.39 is 9.84 Å². The SMILES string of the molecule is NCC1(N2CCSCC2)CCS(=O)(=O)C1. The van der Waals surface area contributed by atoms with Crippen molar-refractivity contribution in [1.29, 1.82) is 0 Å². The van der Waals surface area contributed by atoms with Gasteiger partial charge in [0.25, 0.3) is 0 Å². The summed E-state index contributed by atoms with van der Waals surface area (Å²) in [7, 11) is -2.84. The van der Waals surface area contributed by atoms with Crippen molar-refractivity contribution in [2.45, 2.75) is 12.0 Å². The second-order valence-corrected chi connectivity index (χ2v) is 7.78. The minimum absolute atomic E-state index is 0.250. The molecule has 2 aliphatic rings. The van der Waals surface area contributed by atoms with Crippen LogP contribution in [0.1, 0.15) is 6.42 Å². The highest BCUT2D eigenvalue weighted by molar-refractivity contribution is 7.99. The van der Waals surface area contributed by atoms with E-state index in [0.29, 0.717) is 12.3 Å². The molecule has 0 saturated carbocycles. The Balaban J connectivity index is 2.15. The van der Waals surface area contributed by atoms with Crippen LogP contribution >= 0.6 is 11.8 Å². The summed E-state index contributed by atoms with van der Waals surface area (Å²) in [6, 6.07) is 0. The first-order valence-electron chi connectivity index (χ1n) is 5.31. The Bertz CT molecular complexity index is 325. The van der Waals surface area contributed by atoms with Gasteiger partial charge >= 0.3 is 0 Å². The first kappa shape index (κ1) is 11.7. The molecule has 2 N–H and O–H groups in total. The highest BCUT2D eigenvalue weighted by atomic mass is 32.2. The Morgan fingerprint density at radius 1 is 1.33 bits per heavy atom. The zero-order chi connectivity index (χ0) is 10.9. The summed E-state index contributed by atoms with van der Waals surface area (Å²) >= 11 is 1.93. The topological polar surface area (TPSA) is 63.4 Å². The van der Waals surface area contributed by atoms with Crippen LogP contribution in [0.5, 0.6) is 0 Å². The van der Waals surface area contributed by atoms with Crippen molar-refractivity contribution in [3.63, 3.8) is 0 Å². The quantitative estimate of drug-likeness (QED) is 0.719. The molecule has 2 fully saturated rings. The van der Waals surface area contributed by atoms with Crippen LogP contribution in [-0.2, 0) is 9.84 Å². The van der Waals surface area contributed by atoms with E-state index >= 15 is 0 Å². The number of thioether (sulfide) groups is 1. The molecule has 6 heteroatoms. The van der Waals surface area contributed by atoms with E-state index in [-0.39, 0.29) is 11.3 Å². The van der Waals surface area contributed by atoms with Gasteiger partial charge in [-0.15, -0.1) is 0 Å². The van der Waals surface area contributed by atoms with Gasteiger partial charge in [0.05, 0.1) is 11.5 Å². The van der Waals surface area contributed by atoms with E-state index in [2.05, 4.69) is 4.90 Å². The molecule has 1 atom stereocenters. The van der Waals surface area contributed by atoms with Gasteiger partial charge in [-0.2, -0.15) is 11.8 Å². The van der Waals surface area contributed by atoms with Crippen LogP contribution in [-0.4, -0.2) is 61.5 Å². The molecular formula is C9H18N2O2S2. The fourth-order valence-electron chi connectivity index (χ4n) is 2.48. The number of hydrogen-bond donors (Lipinski definition) is 1. The number of sulfone groups is 1. The summed E-state index contributed by atoms with van der Waals surface area (Å²) in [4.78, 5) is 2.30. The lowest BCUT2D eigenvalue weighted by Gasteiger charge is -2.41. The van der Waals surface area contributed by atoms with Crippen molar-refractivity contribution in [2.24, 2.45) is 5.73 Å². The maximum atomic E-state index is 11.6. The molecule has 4 nitrogen and oxygen atoms in total. The molecule has 0 aromatic carbocycles. The lowest BCUT2D eigenvalue weighted by atomic mass is 9.96. The molecule has 0 amide bonds. The fourth-order valence-corrected chi connectivity index (χ4v) is 5.48. The average Bonchev–Trinajstić information content (AvgIpc) is 2.57. The molecule has 0 bridgehead atoms. The van der Waals surface area contributed by atoms with Crippen LogP contribution in [0.25, 0.3) is 0 Å². The van der Waals surface area contributed by atoms with Crippen LogP contribution < -0.4 is 5.73 Å². The Labute approximate surface area is 95.5 Å². The second kappa shape index (κ2) is 4.24. The molecule has 2 saturated heterocycles. The maximum Gasteiger partial charge on any atom is 0.152 e. The Hall–Kier alpha value is 0.220. The van der Waals surface area contributed by atoms with E-state index in [9.17, 15) is 8.42 Å². The summed E-state index contributed by atoms with van der Waals surface area (Å²) in [5.41, 5.74) is 5.56. The molecule has 2 rings (SSSR count). The zero-order valence-electron chi connectivity index (χ0n) is 8.81. The number of nitrogens with two attached hydrogens (primary N) is 1. The van der Waals surface area contributed by atoms with Gasteiger partial charge < -0.3 is 5.73 Å². The van der Waals surface area contributed by atoms with E-state index in [1.165, 1.54) is 0 Å². The van der Waals surface area contributed by atoms with Gasteiger partial charge in [0.1, 0.15) is 0 Å². The molecule has 88 valence electrons. The maximum absolute atomic E-state index is 11.6. The van der Waals surface area contributed by atoms with Crippen LogP contribution in [0, 0.1) is 0 Å². The lowest BCUT2D eigenvalue weighted by molar-refractivity contribution is 0.130. The third-order valence-electron chi connectivity index (χ3n) is 3.43. The van der Waals surface area contributed by atoms with Crippen molar-refractivity contribution < 1.29 is 8.42 Å². The first-order valence-corrected chi connectivity index (χ1v) is 8.29. The molecule has 2 aliphatic heterocycles. The summed E-state index contributed by atoms with van der Waals surface area (Å²) < 4.78 is 23.1. The third kappa shape index (κ3) is 2.33. The number of rotatable bonds is 2. The van der Waals surface area contributed by atoms with Crippen LogP contribution in [0.2, 0.25) is 0 Å². The zero-order valence-corrected chi connectivity index (χ0v) is 10.4. The smallest absolute Gasteiger partial charge is 0.152 e. The van der Waals surface area contributed by atoms with E-state index in [0.717, 1.165) is 31.0 Å². The van der Waals surface area contributed by atoms with Crippen LogP contribution in [0.3, 0.4) is 0 Å². The minimum atomic E-state index is -2.84.